The van der Waals surface area contributed by atoms with Crippen LogP contribution in [0.5, 0.6) is 0 Å². The highest BCUT2D eigenvalue weighted by Crippen LogP contribution is 2.34. The molecule has 1 aromatic heterocycles. The van der Waals surface area contributed by atoms with Gasteiger partial charge < -0.3 is 20.4 Å². The van der Waals surface area contributed by atoms with E-state index in [1.807, 2.05) is 54.6 Å². The molecule has 0 unspecified atom stereocenters. The maximum Gasteiger partial charge on any atom is 0.233 e. The minimum Gasteiger partial charge on any atom is -0.372 e. The van der Waals surface area contributed by atoms with E-state index in [1.165, 1.54) is 11.8 Å². The third kappa shape index (κ3) is 7.58. The van der Waals surface area contributed by atoms with Gasteiger partial charge in [-0.1, -0.05) is 42.1 Å². The van der Waals surface area contributed by atoms with Gasteiger partial charge >= 0.3 is 0 Å². The van der Waals surface area contributed by atoms with Crippen molar-refractivity contribution in [2.24, 2.45) is 10.2 Å². The molecule has 0 aliphatic carbocycles. The Labute approximate surface area is 251 Å². The molecular formula is C30H37N11S. The maximum absolute atomic E-state index is 7.71. The predicted octanol–water partition coefficient (Wildman–Crippen LogP) is 8.67. The lowest BCUT2D eigenvalue weighted by atomic mass is 10.2. The summed E-state index contributed by atoms with van der Waals surface area (Å²) in [5.74, 6) is 1.31. The van der Waals surface area contributed by atoms with Crippen LogP contribution in [0.2, 0.25) is 0 Å². The standard InChI is InChI=1S/C30H37N11S/c1-5-40(6-2)22-14-16-24(38-31)26(18-22)33-28-35-29(37-30(36-28)42-20-21-12-10-9-11-13-21)34-27-19-23(41(7-3)8-4)15-17-25(27)39-32/h9-19,31-32H,5-8,20H2,1-4H3,(H2,33,34,35,36,37). The monoisotopic (exact) mass is 583 g/mol. The quantitative estimate of drug-likeness (QED) is 0.0804. The summed E-state index contributed by atoms with van der Waals surface area (Å²) in [4.78, 5) is 18.5. The Morgan fingerprint density at radius 3 is 1.57 bits per heavy atom. The average Bonchev–Trinajstić information content (AvgIpc) is 3.02. The Hall–Kier alpha value is -4.58. The van der Waals surface area contributed by atoms with Crippen LogP contribution < -0.4 is 20.4 Å². The van der Waals surface area contributed by atoms with E-state index in [9.17, 15) is 0 Å². The summed E-state index contributed by atoms with van der Waals surface area (Å²) in [5.41, 5.74) is 20.8. The molecule has 218 valence electrons. The van der Waals surface area contributed by atoms with Gasteiger partial charge in [-0.25, -0.2) is 11.1 Å². The third-order valence-electron chi connectivity index (χ3n) is 6.78. The smallest absolute Gasteiger partial charge is 0.233 e. The fraction of sp³-hybridized carbons (Fsp3) is 0.300. The molecule has 0 radical (unpaired) electrons. The van der Waals surface area contributed by atoms with Gasteiger partial charge in [0.1, 0.15) is 11.4 Å². The third-order valence-corrected chi connectivity index (χ3v) is 7.70. The van der Waals surface area contributed by atoms with Crippen LogP contribution in [0.1, 0.15) is 33.3 Å². The van der Waals surface area contributed by atoms with Crippen molar-refractivity contribution in [1.29, 1.82) is 11.1 Å². The average molecular weight is 584 g/mol. The predicted molar refractivity (Wildman–Crippen MR) is 172 cm³/mol. The van der Waals surface area contributed by atoms with Gasteiger partial charge in [0, 0.05) is 43.3 Å². The maximum atomic E-state index is 7.71. The molecule has 0 bridgehead atoms. The van der Waals surface area contributed by atoms with Crippen molar-refractivity contribution in [2.45, 2.75) is 38.6 Å². The largest absolute Gasteiger partial charge is 0.372 e. The first-order valence-electron chi connectivity index (χ1n) is 14.0. The Bertz CT molecular complexity index is 1400. The number of hydrogen-bond acceptors (Lipinski definition) is 12. The number of anilines is 6. The molecule has 0 saturated heterocycles. The summed E-state index contributed by atoms with van der Waals surface area (Å²) >= 11 is 1.49. The highest BCUT2D eigenvalue weighted by atomic mass is 32.2. The lowest BCUT2D eigenvalue weighted by molar-refractivity contribution is 0.866. The molecule has 11 nitrogen and oxygen atoms in total. The lowest BCUT2D eigenvalue weighted by Crippen LogP contribution is -2.21. The second-order valence-electron chi connectivity index (χ2n) is 9.26. The summed E-state index contributed by atoms with van der Waals surface area (Å²) in [6.07, 6.45) is 0. The number of hydrogen-bond donors (Lipinski definition) is 4. The van der Waals surface area contributed by atoms with Crippen molar-refractivity contribution in [3.8, 4) is 0 Å². The van der Waals surface area contributed by atoms with Gasteiger partial charge in [-0.15, -0.1) is 0 Å². The van der Waals surface area contributed by atoms with E-state index in [0.29, 0.717) is 45.6 Å². The van der Waals surface area contributed by atoms with Crippen molar-refractivity contribution < 1.29 is 0 Å². The Morgan fingerprint density at radius 2 is 1.14 bits per heavy atom. The molecule has 0 atom stereocenters. The highest BCUT2D eigenvalue weighted by Gasteiger charge is 2.15. The van der Waals surface area contributed by atoms with E-state index in [-0.39, 0.29) is 0 Å². The number of rotatable bonds is 15. The zero-order valence-corrected chi connectivity index (χ0v) is 25.2. The number of thioether (sulfide) groups is 1. The van der Waals surface area contributed by atoms with Gasteiger partial charge in [0.2, 0.25) is 11.9 Å². The first kappa shape index (κ1) is 30.4. The normalized spacial score (nSPS) is 10.7. The summed E-state index contributed by atoms with van der Waals surface area (Å²) in [6.45, 7) is 11.8. The van der Waals surface area contributed by atoms with E-state index in [4.69, 9.17) is 21.0 Å². The fourth-order valence-corrected chi connectivity index (χ4v) is 5.30. The van der Waals surface area contributed by atoms with Gasteiger partial charge in [-0.05, 0) is 69.7 Å². The van der Waals surface area contributed by atoms with E-state index < -0.39 is 0 Å². The van der Waals surface area contributed by atoms with Gasteiger partial charge in [-0.3, -0.25) is 0 Å². The highest BCUT2D eigenvalue weighted by molar-refractivity contribution is 7.98. The van der Waals surface area contributed by atoms with Crippen molar-refractivity contribution in [1.82, 2.24) is 15.0 Å². The number of nitrogens with one attached hydrogen (secondary N) is 4. The van der Waals surface area contributed by atoms with Crippen molar-refractivity contribution >= 4 is 57.8 Å². The second kappa shape index (κ2) is 14.9. The molecule has 4 rings (SSSR count). The van der Waals surface area contributed by atoms with Crippen LogP contribution in [0.25, 0.3) is 0 Å². The topological polar surface area (TPSA) is 142 Å². The first-order valence-corrected chi connectivity index (χ1v) is 15.0. The molecule has 0 aliphatic heterocycles. The minimum absolute atomic E-state index is 0.314. The fourth-order valence-electron chi connectivity index (χ4n) is 4.51. The molecule has 1 heterocycles. The van der Waals surface area contributed by atoms with E-state index in [1.54, 1.807) is 0 Å². The summed E-state index contributed by atoms with van der Waals surface area (Å²) in [6, 6.07) is 21.6. The Morgan fingerprint density at radius 1 is 0.667 bits per heavy atom. The number of benzene rings is 3. The Balaban J connectivity index is 1.73. The van der Waals surface area contributed by atoms with E-state index in [2.05, 4.69) is 75.5 Å². The van der Waals surface area contributed by atoms with E-state index >= 15 is 0 Å². The molecule has 0 amide bonds. The first-order chi connectivity index (χ1) is 20.5. The van der Waals surface area contributed by atoms with Gasteiger partial charge in [0.05, 0.1) is 11.4 Å². The molecule has 0 spiro atoms. The summed E-state index contributed by atoms with van der Waals surface area (Å²) < 4.78 is 0. The van der Waals surface area contributed by atoms with Crippen LogP contribution in [-0.4, -0.2) is 41.1 Å². The zero-order chi connectivity index (χ0) is 29.9. The van der Waals surface area contributed by atoms with Crippen molar-refractivity contribution in [3.63, 3.8) is 0 Å². The van der Waals surface area contributed by atoms with E-state index in [0.717, 1.165) is 43.1 Å². The zero-order valence-electron chi connectivity index (χ0n) is 24.4. The van der Waals surface area contributed by atoms with Crippen molar-refractivity contribution in [3.05, 3.63) is 72.3 Å². The van der Waals surface area contributed by atoms with Crippen LogP contribution in [0, 0.1) is 11.1 Å². The Kier molecular flexibility index (Phi) is 10.8. The molecule has 3 aromatic carbocycles. The SMILES string of the molecule is CCN(CC)c1ccc(N=N)c(Nc2nc(Nc3cc(N(CC)CC)ccc3N=N)nc(SCc3ccccc3)n2)c1. The van der Waals surface area contributed by atoms with Crippen LogP contribution in [0.3, 0.4) is 0 Å². The molecule has 0 aliphatic rings. The summed E-state index contributed by atoms with van der Waals surface area (Å²) in [7, 11) is 0. The van der Waals surface area contributed by atoms with Gasteiger partial charge in [-0.2, -0.15) is 25.2 Å². The summed E-state index contributed by atoms with van der Waals surface area (Å²) in [5, 5.41) is 14.5. The van der Waals surface area contributed by atoms with Crippen LogP contribution in [-0.2, 0) is 5.75 Å². The molecule has 4 aromatic rings. The van der Waals surface area contributed by atoms with Crippen LogP contribution in [0.15, 0.2) is 82.1 Å². The molecule has 42 heavy (non-hydrogen) atoms. The minimum atomic E-state index is 0.314. The molecule has 0 saturated carbocycles. The van der Waals surface area contributed by atoms with Gasteiger partial charge in [0.15, 0.2) is 5.16 Å². The lowest BCUT2D eigenvalue weighted by Gasteiger charge is -2.22. The molecule has 4 N–H and O–H groups in total. The van der Waals surface area contributed by atoms with Crippen LogP contribution >= 0.6 is 11.8 Å². The number of aromatic nitrogens is 3. The number of nitrogens with zero attached hydrogens (tertiary/aromatic N) is 7. The van der Waals surface area contributed by atoms with Crippen LogP contribution in [0.4, 0.5) is 46.0 Å². The van der Waals surface area contributed by atoms with Crippen molar-refractivity contribution in [2.75, 3.05) is 46.6 Å². The van der Waals surface area contributed by atoms with Gasteiger partial charge in [0.25, 0.3) is 0 Å². The molecular weight excluding hydrogens is 546 g/mol. The molecule has 12 heteroatoms. The second-order valence-corrected chi connectivity index (χ2v) is 10.2. The molecule has 0 fully saturated rings.